The highest BCUT2D eigenvalue weighted by atomic mass is 16.5. The second-order valence-corrected chi connectivity index (χ2v) is 6.08. The molecule has 1 aliphatic carbocycles. The van der Waals surface area contributed by atoms with Crippen molar-refractivity contribution in [3.63, 3.8) is 0 Å². The topological polar surface area (TPSA) is 34.1 Å². The molecule has 1 saturated carbocycles. The fraction of sp³-hybridized carbons (Fsp3) is 0.421. The van der Waals surface area contributed by atoms with E-state index < -0.39 is 0 Å². The molecule has 3 nitrogen and oxygen atoms in total. The maximum atomic E-state index is 5.48. The molecule has 0 amide bonds. The van der Waals surface area contributed by atoms with Crippen molar-refractivity contribution in [1.29, 1.82) is 0 Å². The molecule has 1 fully saturated rings. The van der Waals surface area contributed by atoms with Crippen LogP contribution in [0.1, 0.15) is 42.9 Å². The number of aromatic nitrogens is 1. The van der Waals surface area contributed by atoms with Crippen LogP contribution in [0, 0.1) is 6.92 Å². The van der Waals surface area contributed by atoms with Crippen molar-refractivity contribution in [1.82, 2.24) is 4.98 Å². The maximum Gasteiger partial charge on any atom is 0.163 e. The lowest BCUT2D eigenvalue weighted by Crippen LogP contribution is -2.25. The van der Waals surface area contributed by atoms with E-state index >= 15 is 0 Å². The van der Waals surface area contributed by atoms with E-state index in [4.69, 9.17) is 4.74 Å². The van der Waals surface area contributed by atoms with E-state index in [9.17, 15) is 0 Å². The van der Waals surface area contributed by atoms with Gasteiger partial charge in [0.25, 0.3) is 0 Å². The van der Waals surface area contributed by atoms with Gasteiger partial charge in [0.05, 0.1) is 18.5 Å². The zero-order valence-corrected chi connectivity index (χ0v) is 13.4. The summed E-state index contributed by atoms with van der Waals surface area (Å²) in [6, 6.07) is 13.4. The second-order valence-electron chi connectivity index (χ2n) is 6.08. The highest BCUT2D eigenvalue weighted by molar-refractivity contribution is 5.58. The lowest BCUT2D eigenvalue weighted by Gasteiger charge is -2.30. The first-order chi connectivity index (χ1) is 10.8. The number of hydrogen-bond donors (Lipinski definition) is 1. The fourth-order valence-corrected chi connectivity index (χ4v) is 3.44. The molecular weight excluding hydrogens is 272 g/mol. The summed E-state index contributed by atoms with van der Waals surface area (Å²) in [6.07, 6.45) is 6.73. The van der Waals surface area contributed by atoms with Gasteiger partial charge in [-0.25, -0.2) is 0 Å². The Labute approximate surface area is 132 Å². The Bertz CT molecular complexity index is 604. The van der Waals surface area contributed by atoms with Gasteiger partial charge in [-0.1, -0.05) is 30.3 Å². The monoisotopic (exact) mass is 296 g/mol. The number of nitrogens with one attached hydrogen (secondary N) is 1. The van der Waals surface area contributed by atoms with Crippen LogP contribution in [0.5, 0.6) is 5.75 Å². The number of methoxy groups -OCH3 is 1. The van der Waals surface area contributed by atoms with E-state index in [-0.39, 0.29) is 0 Å². The number of pyridine rings is 1. The first kappa shape index (κ1) is 14.9. The summed E-state index contributed by atoms with van der Waals surface area (Å²) in [7, 11) is 1.71. The van der Waals surface area contributed by atoms with Crippen molar-refractivity contribution in [3.8, 4) is 5.75 Å². The molecule has 116 valence electrons. The maximum absolute atomic E-state index is 5.48. The summed E-state index contributed by atoms with van der Waals surface area (Å²) < 4.78 is 5.48. The molecule has 0 atom stereocenters. The average Bonchev–Trinajstić information content (AvgIpc) is 2.57. The summed E-state index contributed by atoms with van der Waals surface area (Å²) in [5.74, 6) is 1.58. The predicted molar refractivity (Wildman–Crippen MR) is 90.6 cm³/mol. The van der Waals surface area contributed by atoms with E-state index in [1.807, 2.05) is 19.2 Å². The predicted octanol–water partition coefficient (Wildman–Crippen LogP) is 4.54. The summed E-state index contributed by atoms with van der Waals surface area (Å²) in [5, 5.41) is 3.65. The summed E-state index contributed by atoms with van der Waals surface area (Å²) in [5.41, 5.74) is 3.49. The average molecular weight is 296 g/mol. The quantitative estimate of drug-likeness (QED) is 0.899. The number of nitrogens with zero attached hydrogens (tertiary/aromatic N) is 1. The number of aryl methyl sites for hydroxylation is 1. The van der Waals surface area contributed by atoms with Crippen LogP contribution in [0.25, 0.3) is 0 Å². The van der Waals surface area contributed by atoms with Gasteiger partial charge in [0.2, 0.25) is 0 Å². The molecule has 1 N–H and O–H groups in total. The lowest BCUT2D eigenvalue weighted by molar-refractivity contribution is 0.399. The Hall–Kier alpha value is -2.03. The Morgan fingerprint density at radius 2 is 1.77 bits per heavy atom. The standard InChI is InChI=1S/C19H24N2O/c1-14-19(22-2)18(12-13-20-14)21-17-10-8-16(9-11-17)15-6-4-3-5-7-15/h3-7,12-13,16-17H,8-11H2,1-2H3,(H,20,21). The minimum atomic E-state index is 0.524. The van der Waals surface area contributed by atoms with Gasteiger partial charge in [-0.15, -0.1) is 0 Å². The van der Waals surface area contributed by atoms with Crippen molar-refractivity contribution in [2.24, 2.45) is 0 Å². The Morgan fingerprint density at radius 3 is 2.45 bits per heavy atom. The molecule has 3 rings (SSSR count). The van der Waals surface area contributed by atoms with Crippen LogP contribution in [0.3, 0.4) is 0 Å². The summed E-state index contributed by atoms with van der Waals surface area (Å²) >= 11 is 0. The summed E-state index contributed by atoms with van der Waals surface area (Å²) in [4.78, 5) is 4.29. The third-order valence-corrected chi connectivity index (χ3v) is 4.64. The van der Waals surface area contributed by atoms with Gasteiger partial charge >= 0.3 is 0 Å². The van der Waals surface area contributed by atoms with E-state index in [0.717, 1.165) is 17.1 Å². The highest BCUT2D eigenvalue weighted by Crippen LogP contribution is 2.35. The molecule has 0 aliphatic heterocycles. The molecule has 1 aromatic carbocycles. The van der Waals surface area contributed by atoms with Crippen LogP contribution < -0.4 is 10.1 Å². The number of benzene rings is 1. The molecule has 0 spiro atoms. The molecule has 1 heterocycles. The zero-order chi connectivity index (χ0) is 15.4. The highest BCUT2D eigenvalue weighted by Gasteiger charge is 2.23. The molecule has 3 heteroatoms. The minimum absolute atomic E-state index is 0.524. The first-order valence-corrected chi connectivity index (χ1v) is 8.09. The number of ether oxygens (including phenoxy) is 1. The second kappa shape index (κ2) is 6.82. The van der Waals surface area contributed by atoms with Crippen LogP contribution >= 0.6 is 0 Å². The fourth-order valence-electron chi connectivity index (χ4n) is 3.44. The number of hydrogen-bond acceptors (Lipinski definition) is 3. The molecule has 1 aliphatic rings. The molecule has 0 radical (unpaired) electrons. The van der Waals surface area contributed by atoms with Crippen molar-refractivity contribution in [3.05, 3.63) is 53.9 Å². The third kappa shape index (κ3) is 3.24. The van der Waals surface area contributed by atoms with E-state index in [2.05, 4.69) is 40.6 Å². The molecular formula is C19H24N2O. The largest absolute Gasteiger partial charge is 0.493 e. The Balaban J connectivity index is 1.62. The van der Waals surface area contributed by atoms with E-state index in [1.165, 1.54) is 31.2 Å². The molecule has 22 heavy (non-hydrogen) atoms. The van der Waals surface area contributed by atoms with Crippen molar-refractivity contribution in [2.75, 3.05) is 12.4 Å². The van der Waals surface area contributed by atoms with Gasteiger partial charge in [-0.05, 0) is 50.2 Å². The molecule has 2 aromatic rings. The first-order valence-electron chi connectivity index (χ1n) is 8.09. The van der Waals surface area contributed by atoms with E-state index in [0.29, 0.717) is 12.0 Å². The molecule has 1 aromatic heterocycles. The van der Waals surface area contributed by atoms with Crippen LogP contribution in [0.4, 0.5) is 5.69 Å². The third-order valence-electron chi connectivity index (χ3n) is 4.64. The van der Waals surface area contributed by atoms with Gasteiger partial charge in [0, 0.05) is 12.2 Å². The summed E-state index contributed by atoms with van der Waals surface area (Å²) in [6.45, 7) is 1.98. The van der Waals surface area contributed by atoms with E-state index in [1.54, 1.807) is 7.11 Å². The Kier molecular flexibility index (Phi) is 4.62. The SMILES string of the molecule is COc1c(NC2CCC(c3ccccc3)CC2)ccnc1C. The van der Waals surface area contributed by atoms with Gasteiger partial charge in [-0.2, -0.15) is 0 Å². The number of anilines is 1. The van der Waals surface area contributed by atoms with Crippen LogP contribution in [0.2, 0.25) is 0 Å². The van der Waals surface area contributed by atoms with Crippen LogP contribution in [-0.2, 0) is 0 Å². The van der Waals surface area contributed by atoms with Crippen LogP contribution in [-0.4, -0.2) is 18.1 Å². The van der Waals surface area contributed by atoms with Crippen molar-refractivity contribution < 1.29 is 4.74 Å². The van der Waals surface area contributed by atoms with Crippen LogP contribution in [0.15, 0.2) is 42.6 Å². The lowest BCUT2D eigenvalue weighted by atomic mass is 9.82. The van der Waals surface area contributed by atoms with Crippen molar-refractivity contribution >= 4 is 5.69 Å². The smallest absolute Gasteiger partial charge is 0.163 e. The minimum Gasteiger partial charge on any atom is -0.493 e. The zero-order valence-electron chi connectivity index (χ0n) is 13.4. The Morgan fingerprint density at radius 1 is 1.05 bits per heavy atom. The molecule has 0 unspecified atom stereocenters. The van der Waals surface area contributed by atoms with Gasteiger partial charge in [-0.3, -0.25) is 4.98 Å². The van der Waals surface area contributed by atoms with Gasteiger partial charge in [0.1, 0.15) is 0 Å². The van der Waals surface area contributed by atoms with Gasteiger partial charge in [0.15, 0.2) is 5.75 Å². The normalized spacial score (nSPS) is 21.4. The van der Waals surface area contributed by atoms with Gasteiger partial charge < -0.3 is 10.1 Å². The number of rotatable bonds is 4. The molecule has 0 saturated heterocycles. The molecule has 0 bridgehead atoms. The van der Waals surface area contributed by atoms with Crippen molar-refractivity contribution in [2.45, 2.75) is 44.6 Å².